The van der Waals surface area contributed by atoms with E-state index in [1.807, 2.05) is 74.0 Å². The summed E-state index contributed by atoms with van der Waals surface area (Å²) in [4.78, 5) is 22.9. The fourth-order valence-electron chi connectivity index (χ4n) is 4.26. The van der Waals surface area contributed by atoms with Gasteiger partial charge in [0.1, 0.15) is 0 Å². The van der Waals surface area contributed by atoms with Gasteiger partial charge in [-0.05, 0) is 63.1 Å². The van der Waals surface area contributed by atoms with E-state index in [2.05, 4.69) is 23.4 Å². The van der Waals surface area contributed by atoms with Crippen molar-refractivity contribution < 1.29 is 4.79 Å². The van der Waals surface area contributed by atoms with E-state index in [0.29, 0.717) is 24.5 Å². The van der Waals surface area contributed by atoms with Gasteiger partial charge in [-0.2, -0.15) is 9.61 Å². The molecule has 184 valence electrons. The average molecular weight is 500 g/mol. The number of hydrogen-bond donors (Lipinski definition) is 1. The van der Waals surface area contributed by atoms with Gasteiger partial charge in [0.15, 0.2) is 16.6 Å². The van der Waals surface area contributed by atoms with Crippen molar-refractivity contribution in [3.05, 3.63) is 77.4 Å². The second kappa shape index (κ2) is 10.1. The molecule has 0 saturated heterocycles. The highest BCUT2D eigenvalue weighted by Gasteiger charge is 2.23. The van der Waals surface area contributed by atoms with Crippen LogP contribution in [0.5, 0.6) is 0 Å². The third-order valence-corrected chi connectivity index (χ3v) is 7.35. The van der Waals surface area contributed by atoms with Crippen molar-refractivity contribution in [3.63, 3.8) is 0 Å². The first kappa shape index (κ1) is 24.0. The summed E-state index contributed by atoms with van der Waals surface area (Å²) >= 11 is 1.42. The maximum Gasteiger partial charge on any atom is 0.237 e. The van der Waals surface area contributed by atoms with E-state index in [1.54, 1.807) is 4.52 Å². The van der Waals surface area contributed by atoms with Crippen LogP contribution >= 0.6 is 11.8 Å². The lowest BCUT2D eigenvalue weighted by Crippen LogP contribution is -2.25. The Hall–Kier alpha value is -3.72. The molecule has 0 radical (unpaired) electrons. The average Bonchev–Trinajstić information content (AvgIpc) is 3.43. The van der Waals surface area contributed by atoms with Crippen molar-refractivity contribution in [1.29, 1.82) is 0 Å². The van der Waals surface area contributed by atoms with Gasteiger partial charge in [0, 0.05) is 29.7 Å². The van der Waals surface area contributed by atoms with Crippen LogP contribution in [0.25, 0.3) is 16.6 Å². The van der Waals surface area contributed by atoms with Crippen LogP contribution in [0, 0.1) is 20.8 Å². The number of fused-ring (bicyclic) bond motifs is 3. The number of thioether (sulfide) groups is 1. The fourth-order valence-corrected chi connectivity index (χ4v) is 5.22. The third-order valence-electron chi connectivity index (χ3n) is 6.04. The van der Waals surface area contributed by atoms with Gasteiger partial charge < -0.3 is 5.32 Å². The molecule has 1 amide bonds. The number of nitrogens with one attached hydrogen (secondary N) is 1. The standard InChI is InChI=1S/C27H29N7OS/c1-5-23(26(35)28-20-10-8-9-17(2)15-20)36-27-29-22-12-7-6-11-21(22)25-30-24(32-34(25)27)13-14-33-19(4)16-18(3)31-33/h6-12,15-16,23H,5,13-14H2,1-4H3,(H,28,35). The lowest BCUT2D eigenvalue weighted by molar-refractivity contribution is -0.115. The van der Waals surface area contributed by atoms with Gasteiger partial charge >= 0.3 is 0 Å². The minimum atomic E-state index is -0.329. The molecule has 1 unspecified atom stereocenters. The topological polar surface area (TPSA) is 90.0 Å². The molecule has 5 rings (SSSR count). The Balaban J connectivity index is 1.45. The van der Waals surface area contributed by atoms with Crippen LogP contribution in [0.1, 0.15) is 36.1 Å². The van der Waals surface area contributed by atoms with Gasteiger partial charge in [-0.3, -0.25) is 9.48 Å². The molecule has 9 heteroatoms. The van der Waals surface area contributed by atoms with Crippen LogP contribution in [0.4, 0.5) is 5.69 Å². The third kappa shape index (κ3) is 4.97. The number of para-hydroxylation sites is 1. The van der Waals surface area contributed by atoms with E-state index >= 15 is 0 Å². The Bertz CT molecular complexity index is 1550. The van der Waals surface area contributed by atoms with Crippen LogP contribution in [0.3, 0.4) is 0 Å². The van der Waals surface area contributed by atoms with Crippen molar-refractivity contribution >= 4 is 39.9 Å². The monoisotopic (exact) mass is 499 g/mol. The summed E-state index contributed by atoms with van der Waals surface area (Å²) < 4.78 is 3.77. The van der Waals surface area contributed by atoms with Crippen molar-refractivity contribution in [2.45, 2.75) is 57.5 Å². The summed E-state index contributed by atoms with van der Waals surface area (Å²) in [5.41, 5.74) is 5.59. The van der Waals surface area contributed by atoms with E-state index in [4.69, 9.17) is 15.1 Å². The molecule has 3 aromatic heterocycles. The largest absolute Gasteiger partial charge is 0.325 e. The molecule has 8 nitrogen and oxygen atoms in total. The summed E-state index contributed by atoms with van der Waals surface area (Å²) in [7, 11) is 0. The summed E-state index contributed by atoms with van der Waals surface area (Å²) in [5, 5.41) is 13.7. The number of benzene rings is 2. The number of amides is 1. The van der Waals surface area contributed by atoms with E-state index in [9.17, 15) is 4.79 Å². The molecule has 0 fully saturated rings. The predicted molar refractivity (Wildman–Crippen MR) is 143 cm³/mol. The van der Waals surface area contributed by atoms with Crippen LogP contribution in [0.15, 0.2) is 59.8 Å². The molecule has 0 spiro atoms. The first-order valence-corrected chi connectivity index (χ1v) is 13.0. The molecule has 0 aliphatic rings. The number of aromatic nitrogens is 6. The van der Waals surface area contributed by atoms with Crippen LogP contribution in [-0.4, -0.2) is 40.5 Å². The molecule has 5 aromatic rings. The van der Waals surface area contributed by atoms with Gasteiger partial charge in [-0.15, -0.1) is 5.10 Å². The molecule has 2 aromatic carbocycles. The van der Waals surface area contributed by atoms with Crippen LogP contribution in [0.2, 0.25) is 0 Å². The minimum Gasteiger partial charge on any atom is -0.325 e. The van der Waals surface area contributed by atoms with Crippen molar-refractivity contribution in [3.8, 4) is 0 Å². The number of carbonyl (C=O) groups is 1. The number of rotatable bonds is 8. The fraction of sp³-hybridized carbons (Fsp3) is 0.296. The zero-order valence-corrected chi connectivity index (χ0v) is 21.7. The second-order valence-corrected chi connectivity index (χ2v) is 10.1. The maximum absolute atomic E-state index is 13.1. The van der Waals surface area contributed by atoms with Crippen molar-refractivity contribution in [1.82, 2.24) is 29.4 Å². The van der Waals surface area contributed by atoms with Crippen LogP contribution < -0.4 is 5.32 Å². The molecule has 0 saturated carbocycles. The van der Waals surface area contributed by atoms with E-state index < -0.39 is 0 Å². The van der Waals surface area contributed by atoms with Gasteiger partial charge in [-0.1, -0.05) is 43.0 Å². The predicted octanol–water partition coefficient (Wildman–Crippen LogP) is 5.15. The molecule has 3 heterocycles. The number of hydrogen-bond acceptors (Lipinski definition) is 6. The molecular formula is C27H29N7OS. The first-order chi connectivity index (χ1) is 17.4. The van der Waals surface area contributed by atoms with E-state index in [-0.39, 0.29) is 11.2 Å². The highest BCUT2D eigenvalue weighted by molar-refractivity contribution is 8.00. The SMILES string of the molecule is CCC(Sc1nc2ccccc2c2nc(CCn3nc(C)cc3C)nn12)C(=O)Nc1cccc(C)c1. The number of nitrogens with zero attached hydrogens (tertiary/aromatic N) is 6. The number of aryl methyl sites for hydroxylation is 5. The van der Waals surface area contributed by atoms with Crippen LogP contribution in [-0.2, 0) is 17.8 Å². The molecular weight excluding hydrogens is 470 g/mol. The smallest absolute Gasteiger partial charge is 0.237 e. The summed E-state index contributed by atoms with van der Waals surface area (Å²) in [5.74, 6) is 0.667. The van der Waals surface area contributed by atoms with Gasteiger partial charge in [0.05, 0.1) is 16.5 Å². The molecule has 1 N–H and O–H groups in total. The summed E-state index contributed by atoms with van der Waals surface area (Å²) in [6, 6.07) is 17.8. The summed E-state index contributed by atoms with van der Waals surface area (Å²) in [6.45, 7) is 8.76. The maximum atomic E-state index is 13.1. The van der Waals surface area contributed by atoms with Gasteiger partial charge in [0.25, 0.3) is 0 Å². The van der Waals surface area contributed by atoms with E-state index in [0.717, 1.165) is 45.0 Å². The van der Waals surface area contributed by atoms with E-state index in [1.165, 1.54) is 11.8 Å². The number of anilines is 1. The minimum absolute atomic E-state index is 0.0546. The Labute approximate surface area is 214 Å². The zero-order chi connectivity index (χ0) is 25.2. The highest BCUT2D eigenvalue weighted by Crippen LogP contribution is 2.29. The lowest BCUT2D eigenvalue weighted by atomic mass is 10.2. The Morgan fingerprint density at radius 2 is 1.86 bits per heavy atom. The van der Waals surface area contributed by atoms with Gasteiger partial charge in [0.2, 0.25) is 5.91 Å². The van der Waals surface area contributed by atoms with Gasteiger partial charge in [-0.25, -0.2) is 9.97 Å². The zero-order valence-electron chi connectivity index (χ0n) is 20.9. The highest BCUT2D eigenvalue weighted by atomic mass is 32.2. The molecule has 0 aliphatic heterocycles. The molecule has 0 aliphatic carbocycles. The Morgan fingerprint density at radius 3 is 2.61 bits per heavy atom. The molecule has 1 atom stereocenters. The molecule has 36 heavy (non-hydrogen) atoms. The lowest BCUT2D eigenvalue weighted by Gasteiger charge is -2.15. The Kier molecular flexibility index (Phi) is 6.73. The van der Waals surface area contributed by atoms with Crippen molar-refractivity contribution in [2.75, 3.05) is 5.32 Å². The Morgan fingerprint density at radius 1 is 1.03 bits per heavy atom. The van der Waals surface area contributed by atoms with Crippen molar-refractivity contribution in [2.24, 2.45) is 0 Å². The number of carbonyl (C=O) groups excluding carboxylic acids is 1. The normalized spacial score (nSPS) is 12.3. The first-order valence-electron chi connectivity index (χ1n) is 12.1. The quantitative estimate of drug-likeness (QED) is 0.235. The second-order valence-electron chi connectivity index (χ2n) is 8.95. The summed E-state index contributed by atoms with van der Waals surface area (Å²) in [6.07, 6.45) is 1.30. The molecule has 0 bridgehead atoms.